The third kappa shape index (κ3) is 2.79. The summed E-state index contributed by atoms with van der Waals surface area (Å²) in [5, 5.41) is 17.3. The predicted molar refractivity (Wildman–Crippen MR) is 80.5 cm³/mol. The van der Waals surface area contributed by atoms with Crippen LogP contribution in [-0.4, -0.2) is 21.6 Å². The molecule has 0 spiro atoms. The highest BCUT2D eigenvalue weighted by Gasteiger charge is 2.05. The zero-order valence-electron chi connectivity index (χ0n) is 11.6. The molecule has 1 heterocycles. The zero-order valence-corrected chi connectivity index (χ0v) is 11.6. The molecule has 0 aliphatic rings. The molecular weight excluding hydrogens is 280 g/mol. The number of nitrogens with zero attached hydrogens (tertiary/aromatic N) is 4. The first kappa shape index (κ1) is 13.8. The first-order chi connectivity index (χ1) is 10.8. The Balaban J connectivity index is 1.73. The molecule has 0 saturated heterocycles. The maximum absolute atomic E-state index is 12.2. The third-order valence-electron chi connectivity index (χ3n) is 3.16. The van der Waals surface area contributed by atoms with E-state index < -0.39 is 0 Å². The van der Waals surface area contributed by atoms with Gasteiger partial charge in [-0.05, 0) is 30.3 Å². The number of hydrogen-bond acceptors (Lipinski definition) is 5. The van der Waals surface area contributed by atoms with Crippen molar-refractivity contribution >= 4 is 10.9 Å². The van der Waals surface area contributed by atoms with E-state index in [0.717, 1.165) is 0 Å². The monoisotopic (exact) mass is 292 g/mol. The molecule has 6 heteroatoms. The van der Waals surface area contributed by atoms with E-state index in [1.165, 1.54) is 4.68 Å². The summed E-state index contributed by atoms with van der Waals surface area (Å²) in [4.78, 5) is 12.2. The predicted octanol–water partition coefficient (Wildman–Crippen LogP) is 1.74. The highest BCUT2D eigenvalue weighted by molar-refractivity contribution is 5.76. The number of rotatable bonds is 4. The number of hydrogen-bond donors (Lipinski definition) is 0. The van der Waals surface area contributed by atoms with Crippen LogP contribution in [-0.2, 0) is 6.54 Å². The van der Waals surface area contributed by atoms with E-state index in [1.54, 1.807) is 42.5 Å². The van der Waals surface area contributed by atoms with E-state index in [4.69, 9.17) is 10.00 Å². The fourth-order valence-corrected chi connectivity index (χ4v) is 2.08. The molecule has 1 aromatic heterocycles. The van der Waals surface area contributed by atoms with Crippen molar-refractivity contribution in [2.75, 3.05) is 6.61 Å². The van der Waals surface area contributed by atoms with Crippen LogP contribution in [0, 0.1) is 11.3 Å². The van der Waals surface area contributed by atoms with Crippen LogP contribution in [0.1, 0.15) is 5.56 Å². The van der Waals surface area contributed by atoms with Gasteiger partial charge in [-0.25, -0.2) is 4.68 Å². The van der Waals surface area contributed by atoms with Gasteiger partial charge >= 0.3 is 0 Å². The number of aromatic nitrogens is 3. The van der Waals surface area contributed by atoms with Crippen LogP contribution < -0.4 is 10.3 Å². The van der Waals surface area contributed by atoms with E-state index in [-0.39, 0.29) is 18.7 Å². The largest absolute Gasteiger partial charge is 0.492 e. The Morgan fingerprint density at radius 2 is 2.05 bits per heavy atom. The fraction of sp³-hybridized carbons (Fsp3) is 0.125. The zero-order chi connectivity index (χ0) is 15.4. The molecule has 108 valence electrons. The molecule has 3 rings (SSSR count). The molecule has 0 fully saturated rings. The summed E-state index contributed by atoms with van der Waals surface area (Å²) in [6, 6.07) is 16.0. The van der Waals surface area contributed by atoms with E-state index >= 15 is 0 Å². The molecule has 0 unspecified atom stereocenters. The van der Waals surface area contributed by atoms with Crippen molar-refractivity contribution in [1.29, 1.82) is 5.26 Å². The Labute approximate surface area is 126 Å². The normalized spacial score (nSPS) is 10.3. The quantitative estimate of drug-likeness (QED) is 0.731. The molecule has 0 radical (unpaired) electrons. The number of ether oxygens (including phenoxy) is 1. The molecule has 22 heavy (non-hydrogen) atoms. The highest BCUT2D eigenvalue weighted by atomic mass is 16.5. The van der Waals surface area contributed by atoms with E-state index in [1.807, 2.05) is 12.1 Å². The van der Waals surface area contributed by atoms with Gasteiger partial charge in [0.15, 0.2) is 0 Å². The molecule has 0 aliphatic carbocycles. The maximum atomic E-state index is 12.2. The van der Waals surface area contributed by atoms with Crippen LogP contribution in [0.4, 0.5) is 0 Å². The average Bonchev–Trinajstić information content (AvgIpc) is 2.57. The molecule has 0 bridgehead atoms. The minimum absolute atomic E-state index is 0.194. The third-order valence-corrected chi connectivity index (χ3v) is 3.16. The highest BCUT2D eigenvalue weighted by Crippen LogP contribution is 2.12. The lowest BCUT2D eigenvalue weighted by atomic mass is 10.2. The Kier molecular flexibility index (Phi) is 3.79. The summed E-state index contributed by atoms with van der Waals surface area (Å²) in [6.07, 6.45) is 0. The van der Waals surface area contributed by atoms with Gasteiger partial charge in [-0.3, -0.25) is 4.79 Å². The SMILES string of the molecule is N#Cc1cccc(OCCn2nnc3ccccc3c2=O)c1. The number of fused-ring (bicyclic) bond motifs is 1. The summed E-state index contributed by atoms with van der Waals surface area (Å²) in [7, 11) is 0. The molecule has 0 saturated carbocycles. The van der Waals surface area contributed by atoms with Crippen molar-refractivity contribution in [2.45, 2.75) is 6.54 Å². The van der Waals surface area contributed by atoms with E-state index in [2.05, 4.69) is 10.3 Å². The van der Waals surface area contributed by atoms with Crippen molar-refractivity contribution in [1.82, 2.24) is 15.0 Å². The van der Waals surface area contributed by atoms with Gasteiger partial charge in [-0.2, -0.15) is 5.26 Å². The molecule has 0 atom stereocenters. The van der Waals surface area contributed by atoms with Gasteiger partial charge in [0.25, 0.3) is 5.56 Å². The van der Waals surface area contributed by atoms with Crippen LogP contribution in [0.3, 0.4) is 0 Å². The lowest BCUT2D eigenvalue weighted by Gasteiger charge is -2.07. The van der Waals surface area contributed by atoms with Gasteiger partial charge in [-0.1, -0.05) is 23.4 Å². The number of nitriles is 1. The topological polar surface area (TPSA) is 80.8 Å². The minimum atomic E-state index is -0.194. The van der Waals surface area contributed by atoms with Crippen LogP contribution in [0.2, 0.25) is 0 Å². The van der Waals surface area contributed by atoms with Gasteiger partial charge in [0, 0.05) is 0 Å². The molecular formula is C16H12N4O2. The molecule has 6 nitrogen and oxygen atoms in total. The van der Waals surface area contributed by atoms with Gasteiger partial charge in [0.2, 0.25) is 0 Å². The van der Waals surface area contributed by atoms with Gasteiger partial charge < -0.3 is 4.74 Å². The Bertz CT molecular complexity index is 912. The first-order valence-electron chi connectivity index (χ1n) is 6.73. The van der Waals surface area contributed by atoms with Gasteiger partial charge in [0.05, 0.1) is 23.6 Å². The Morgan fingerprint density at radius 3 is 2.91 bits per heavy atom. The van der Waals surface area contributed by atoms with Crippen molar-refractivity contribution in [3.63, 3.8) is 0 Å². The van der Waals surface area contributed by atoms with Crippen molar-refractivity contribution < 1.29 is 4.74 Å². The second-order valence-electron chi connectivity index (χ2n) is 4.62. The second kappa shape index (κ2) is 6.06. The molecule has 0 amide bonds. The van der Waals surface area contributed by atoms with Crippen LogP contribution in [0.15, 0.2) is 53.3 Å². The second-order valence-corrected chi connectivity index (χ2v) is 4.62. The molecule has 0 N–H and O–H groups in total. The van der Waals surface area contributed by atoms with Crippen molar-refractivity contribution in [2.24, 2.45) is 0 Å². The smallest absolute Gasteiger partial charge is 0.277 e. The molecule has 0 aliphatic heterocycles. The Morgan fingerprint density at radius 1 is 1.18 bits per heavy atom. The van der Waals surface area contributed by atoms with E-state index in [9.17, 15) is 4.79 Å². The summed E-state index contributed by atoms with van der Waals surface area (Å²) in [6.45, 7) is 0.551. The van der Waals surface area contributed by atoms with Crippen molar-refractivity contribution in [3.05, 3.63) is 64.4 Å². The summed E-state index contributed by atoms with van der Waals surface area (Å²) < 4.78 is 6.82. The summed E-state index contributed by atoms with van der Waals surface area (Å²) >= 11 is 0. The first-order valence-corrected chi connectivity index (χ1v) is 6.73. The van der Waals surface area contributed by atoms with Crippen molar-refractivity contribution in [3.8, 4) is 11.8 Å². The average molecular weight is 292 g/mol. The maximum Gasteiger partial charge on any atom is 0.277 e. The minimum Gasteiger partial charge on any atom is -0.492 e. The summed E-state index contributed by atoms with van der Waals surface area (Å²) in [5.41, 5.74) is 0.909. The number of benzene rings is 2. The molecule has 3 aromatic rings. The van der Waals surface area contributed by atoms with Gasteiger partial charge in [-0.15, -0.1) is 5.10 Å². The lowest BCUT2D eigenvalue weighted by molar-refractivity contribution is 0.285. The van der Waals surface area contributed by atoms with E-state index in [0.29, 0.717) is 22.2 Å². The molecule has 2 aromatic carbocycles. The lowest BCUT2D eigenvalue weighted by Crippen LogP contribution is -2.26. The van der Waals surface area contributed by atoms with Crippen LogP contribution in [0.5, 0.6) is 5.75 Å². The fourth-order valence-electron chi connectivity index (χ4n) is 2.08. The van der Waals surface area contributed by atoms with Gasteiger partial charge in [0.1, 0.15) is 17.9 Å². The summed E-state index contributed by atoms with van der Waals surface area (Å²) in [5.74, 6) is 0.584. The Hall–Kier alpha value is -3.20. The van der Waals surface area contributed by atoms with Crippen LogP contribution in [0.25, 0.3) is 10.9 Å². The standard InChI is InChI=1S/C16H12N4O2/c17-11-12-4-3-5-13(10-12)22-9-8-20-16(21)14-6-1-2-7-15(14)18-19-20/h1-7,10H,8-9H2. The van der Waals surface area contributed by atoms with Crippen LogP contribution >= 0.6 is 0 Å².